The highest BCUT2D eigenvalue weighted by molar-refractivity contribution is 7.89. The third kappa shape index (κ3) is 7.14. The molecular weight excluding hydrogens is 606 g/mol. The highest BCUT2D eigenvalue weighted by Crippen LogP contribution is 2.28. The van der Waals surface area contributed by atoms with Gasteiger partial charge in [-0.2, -0.15) is 4.31 Å². The Morgan fingerprint density at radius 1 is 0.878 bits per heavy atom. The number of nitrogens with zero attached hydrogens (tertiary/aromatic N) is 4. The lowest BCUT2D eigenvalue weighted by Crippen LogP contribution is -2.42. The molecule has 1 amide bonds. The number of carbonyl (C=O) groups excluding carboxylic acids is 1. The van der Waals surface area contributed by atoms with Gasteiger partial charge in [-0.3, -0.25) is 20.2 Å². The van der Waals surface area contributed by atoms with Crippen molar-refractivity contribution in [1.29, 1.82) is 0 Å². The standard InChI is InChI=1S/C23H22ClN5O10S2/c1-26(40(35,36)21-12-5-3-10-19(21)28(31)32)15-18(16-8-7-9-17(24)14-16)25-23(30)39-27(2)41(37,38)22-13-6-4-11-20(22)29(33)34/h3-14,18H,15H2,1-2H3,(H,25,30). The van der Waals surface area contributed by atoms with Crippen LogP contribution in [0.3, 0.4) is 0 Å². The summed E-state index contributed by atoms with van der Waals surface area (Å²) in [7, 11) is -7.19. The van der Waals surface area contributed by atoms with Crippen molar-refractivity contribution in [3.63, 3.8) is 0 Å². The molecule has 0 aromatic heterocycles. The van der Waals surface area contributed by atoms with E-state index in [1.165, 1.54) is 48.5 Å². The van der Waals surface area contributed by atoms with Crippen LogP contribution < -0.4 is 5.32 Å². The number of nitro benzene ring substituents is 2. The topological polar surface area (TPSA) is 199 Å². The number of hydrogen-bond donors (Lipinski definition) is 1. The van der Waals surface area contributed by atoms with Crippen LogP contribution >= 0.6 is 11.6 Å². The maximum atomic E-state index is 13.2. The molecule has 0 aliphatic rings. The Morgan fingerprint density at radius 2 is 1.39 bits per heavy atom. The summed E-state index contributed by atoms with van der Waals surface area (Å²) in [4.78, 5) is 37.3. The number of sulfonamides is 2. The average molecular weight is 628 g/mol. The van der Waals surface area contributed by atoms with Gasteiger partial charge in [-0.15, -0.1) is 0 Å². The van der Waals surface area contributed by atoms with Crippen molar-refractivity contribution in [2.75, 3.05) is 20.6 Å². The number of para-hydroxylation sites is 2. The number of benzene rings is 3. The van der Waals surface area contributed by atoms with Crippen molar-refractivity contribution in [2.45, 2.75) is 15.8 Å². The molecule has 1 N–H and O–H groups in total. The quantitative estimate of drug-likeness (QED) is 0.242. The summed E-state index contributed by atoms with van der Waals surface area (Å²) in [5.74, 6) is 0. The lowest BCUT2D eigenvalue weighted by molar-refractivity contribution is -0.388. The smallest absolute Gasteiger partial charge is 0.336 e. The van der Waals surface area contributed by atoms with E-state index in [1.54, 1.807) is 0 Å². The van der Waals surface area contributed by atoms with Crippen LogP contribution in [0.15, 0.2) is 82.6 Å². The lowest BCUT2D eigenvalue weighted by Gasteiger charge is -2.26. The number of amides is 1. The van der Waals surface area contributed by atoms with Crippen LogP contribution in [0.2, 0.25) is 5.02 Å². The fourth-order valence-electron chi connectivity index (χ4n) is 3.61. The fraction of sp³-hybridized carbons (Fsp3) is 0.174. The maximum absolute atomic E-state index is 13.2. The zero-order valence-electron chi connectivity index (χ0n) is 21.3. The van der Waals surface area contributed by atoms with E-state index in [2.05, 4.69) is 5.32 Å². The first kappa shape index (κ1) is 31.4. The number of nitrogens with one attached hydrogen (secondary N) is 1. The van der Waals surface area contributed by atoms with Crippen molar-refractivity contribution < 1.29 is 36.3 Å². The molecule has 0 aliphatic carbocycles. The van der Waals surface area contributed by atoms with Crippen LogP contribution in [-0.2, 0) is 24.9 Å². The molecule has 15 nitrogen and oxygen atoms in total. The first-order valence-electron chi connectivity index (χ1n) is 11.3. The van der Waals surface area contributed by atoms with E-state index in [-0.39, 0.29) is 15.1 Å². The Morgan fingerprint density at radius 3 is 1.90 bits per heavy atom. The molecule has 0 saturated carbocycles. The highest BCUT2D eigenvalue weighted by atomic mass is 35.5. The van der Waals surface area contributed by atoms with Crippen LogP contribution in [0.4, 0.5) is 16.2 Å². The molecule has 41 heavy (non-hydrogen) atoms. The predicted molar refractivity (Wildman–Crippen MR) is 145 cm³/mol. The van der Waals surface area contributed by atoms with Crippen LogP contribution in [0.1, 0.15) is 11.6 Å². The molecule has 218 valence electrons. The van der Waals surface area contributed by atoms with Gasteiger partial charge in [-0.05, 0) is 34.3 Å². The van der Waals surface area contributed by atoms with Crippen molar-refractivity contribution in [3.05, 3.63) is 104 Å². The Hall–Kier alpha value is -4.16. The number of halogens is 1. The Labute approximate surface area is 239 Å². The third-order valence-corrected chi connectivity index (χ3v) is 9.38. The maximum Gasteiger partial charge on any atom is 0.427 e. The second-order valence-corrected chi connectivity index (χ2v) is 12.6. The van der Waals surface area contributed by atoms with Gasteiger partial charge < -0.3 is 10.2 Å². The number of rotatable bonds is 11. The molecule has 18 heteroatoms. The minimum atomic E-state index is -4.69. The van der Waals surface area contributed by atoms with Gasteiger partial charge in [0.15, 0.2) is 9.79 Å². The normalized spacial score (nSPS) is 12.6. The number of nitro groups is 2. The number of likely N-dealkylation sites (N-methyl/N-ethyl adjacent to an activating group) is 1. The largest absolute Gasteiger partial charge is 0.427 e. The fourth-order valence-corrected chi connectivity index (χ4v) is 6.24. The van der Waals surface area contributed by atoms with E-state index in [0.29, 0.717) is 0 Å². The summed E-state index contributed by atoms with van der Waals surface area (Å²) in [5.41, 5.74) is -1.13. The van der Waals surface area contributed by atoms with E-state index in [1.807, 2.05) is 0 Å². The van der Waals surface area contributed by atoms with Crippen molar-refractivity contribution in [1.82, 2.24) is 14.1 Å². The molecule has 3 aromatic carbocycles. The minimum Gasteiger partial charge on any atom is -0.336 e. The SMILES string of the molecule is CN(CC(NC(=O)ON(C)S(=O)(=O)c1ccccc1[N+](=O)[O-])c1cccc(Cl)c1)S(=O)(=O)c1ccccc1[N+](=O)[O-]. The molecule has 0 spiro atoms. The molecule has 3 rings (SSSR count). The summed E-state index contributed by atoms with van der Waals surface area (Å²) in [5, 5.41) is 25.3. The minimum absolute atomic E-state index is 0.119. The molecule has 0 fully saturated rings. The molecule has 0 saturated heterocycles. The van der Waals surface area contributed by atoms with Crippen LogP contribution in [0, 0.1) is 20.2 Å². The van der Waals surface area contributed by atoms with Gasteiger partial charge in [-0.25, -0.2) is 21.6 Å². The molecule has 0 bridgehead atoms. The predicted octanol–water partition coefficient (Wildman–Crippen LogP) is 3.48. The van der Waals surface area contributed by atoms with Gasteiger partial charge in [0.2, 0.25) is 10.0 Å². The third-order valence-electron chi connectivity index (χ3n) is 5.62. The highest BCUT2D eigenvalue weighted by Gasteiger charge is 2.34. The van der Waals surface area contributed by atoms with Crippen LogP contribution in [-0.4, -0.2) is 62.2 Å². The second kappa shape index (κ2) is 12.6. The molecule has 1 atom stereocenters. The number of carbonyl (C=O) groups is 1. The van der Waals surface area contributed by atoms with Crippen molar-refractivity contribution >= 4 is 49.1 Å². The second-order valence-electron chi connectivity index (χ2n) is 8.28. The van der Waals surface area contributed by atoms with Gasteiger partial charge in [-0.1, -0.05) is 48.0 Å². The van der Waals surface area contributed by atoms with Crippen LogP contribution in [0.25, 0.3) is 0 Å². The lowest BCUT2D eigenvalue weighted by atomic mass is 10.1. The molecule has 0 radical (unpaired) electrons. The van der Waals surface area contributed by atoms with E-state index in [4.69, 9.17) is 16.4 Å². The van der Waals surface area contributed by atoms with Gasteiger partial charge in [0.25, 0.3) is 21.4 Å². The van der Waals surface area contributed by atoms with Gasteiger partial charge >= 0.3 is 6.09 Å². The Balaban J connectivity index is 1.89. The summed E-state index contributed by atoms with van der Waals surface area (Å²) < 4.78 is 53.2. The number of hydroxylamine groups is 1. The molecule has 3 aromatic rings. The van der Waals surface area contributed by atoms with Gasteiger partial charge in [0, 0.05) is 37.8 Å². The van der Waals surface area contributed by atoms with Crippen LogP contribution in [0.5, 0.6) is 0 Å². The first-order valence-corrected chi connectivity index (χ1v) is 14.6. The van der Waals surface area contributed by atoms with Gasteiger partial charge in [0.1, 0.15) is 0 Å². The van der Waals surface area contributed by atoms with E-state index < -0.39 is 69.7 Å². The number of hydrogen-bond acceptors (Lipinski definition) is 10. The van der Waals surface area contributed by atoms with E-state index >= 15 is 0 Å². The van der Waals surface area contributed by atoms with Crippen molar-refractivity contribution in [2.24, 2.45) is 0 Å². The van der Waals surface area contributed by atoms with Gasteiger partial charge in [0.05, 0.1) is 15.9 Å². The van der Waals surface area contributed by atoms with E-state index in [9.17, 15) is 41.9 Å². The Bertz CT molecular complexity index is 1700. The first-order chi connectivity index (χ1) is 19.2. The Kier molecular flexibility index (Phi) is 9.61. The molecular formula is C23H22ClN5O10S2. The zero-order valence-corrected chi connectivity index (χ0v) is 23.7. The summed E-state index contributed by atoms with van der Waals surface area (Å²) >= 11 is 6.06. The zero-order chi connectivity index (χ0) is 30.5. The molecule has 0 aliphatic heterocycles. The summed E-state index contributed by atoms with van der Waals surface area (Å²) in [6.07, 6.45) is -1.36. The average Bonchev–Trinajstić information content (AvgIpc) is 2.92. The van der Waals surface area contributed by atoms with E-state index in [0.717, 1.165) is 42.7 Å². The summed E-state index contributed by atoms with van der Waals surface area (Å²) in [6.45, 7) is -0.496. The monoisotopic (exact) mass is 627 g/mol. The molecule has 0 heterocycles. The summed E-state index contributed by atoms with van der Waals surface area (Å²) in [6, 6.07) is 13.9. The van der Waals surface area contributed by atoms with Crippen molar-refractivity contribution in [3.8, 4) is 0 Å². The molecule has 1 unspecified atom stereocenters.